The first-order valence-corrected chi connectivity index (χ1v) is 6.43. The number of anilines is 1. The number of amides is 1. The molecule has 2 heterocycles. The Morgan fingerprint density at radius 3 is 2.79 bits per heavy atom. The van der Waals surface area contributed by atoms with Crippen LogP contribution in [-0.2, 0) is 11.2 Å². The highest BCUT2D eigenvalue weighted by Gasteiger charge is 2.33. The van der Waals surface area contributed by atoms with Crippen molar-refractivity contribution >= 4 is 11.6 Å². The summed E-state index contributed by atoms with van der Waals surface area (Å²) in [6, 6.07) is 8.11. The SMILES string of the molecule is CCc1ccc(N2C[C@@H](c3ncon3)CC2=O)cc1. The zero-order chi connectivity index (χ0) is 13.2. The van der Waals surface area contributed by atoms with Gasteiger partial charge in [-0.15, -0.1) is 0 Å². The van der Waals surface area contributed by atoms with Gasteiger partial charge < -0.3 is 9.42 Å². The van der Waals surface area contributed by atoms with E-state index < -0.39 is 0 Å². The standard InChI is InChI=1S/C14H15N3O2/c1-2-10-3-5-12(6-4-10)17-8-11(7-13(17)18)14-15-9-19-16-14/h3-6,9,11H,2,7-8H2,1H3/t11-/m0/s1. The average molecular weight is 257 g/mol. The molecule has 0 bridgehead atoms. The lowest BCUT2D eigenvalue weighted by atomic mass is 10.1. The molecule has 1 amide bonds. The molecular formula is C14H15N3O2. The van der Waals surface area contributed by atoms with Crippen molar-refractivity contribution in [2.75, 3.05) is 11.4 Å². The lowest BCUT2D eigenvalue weighted by molar-refractivity contribution is -0.117. The predicted octanol–water partition coefficient (Wildman–Crippen LogP) is 2.15. The molecule has 0 saturated carbocycles. The van der Waals surface area contributed by atoms with Gasteiger partial charge in [0.15, 0.2) is 5.82 Å². The third kappa shape index (κ3) is 2.23. The molecule has 0 unspecified atom stereocenters. The Hall–Kier alpha value is -2.17. The van der Waals surface area contributed by atoms with Crippen molar-refractivity contribution in [3.63, 3.8) is 0 Å². The fourth-order valence-electron chi connectivity index (χ4n) is 2.40. The van der Waals surface area contributed by atoms with Gasteiger partial charge in [-0.2, -0.15) is 4.98 Å². The number of hydrogen-bond donors (Lipinski definition) is 0. The van der Waals surface area contributed by atoms with Gasteiger partial charge >= 0.3 is 0 Å². The van der Waals surface area contributed by atoms with Gasteiger partial charge in [0.25, 0.3) is 0 Å². The van der Waals surface area contributed by atoms with Crippen LogP contribution in [-0.4, -0.2) is 22.6 Å². The Morgan fingerprint density at radius 2 is 2.16 bits per heavy atom. The Bertz CT molecular complexity index is 563. The number of carbonyl (C=O) groups excluding carboxylic acids is 1. The van der Waals surface area contributed by atoms with Crippen molar-refractivity contribution in [1.82, 2.24) is 10.1 Å². The van der Waals surface area contributed by atoms with E-state index in [0.717, 1.165) is 12.1 Å². The lowest BCUT2D eigenvalue weighted by Gasteiger charge is -2.16. The molecule has 19 heavy (non-hydrogen) atoms. The van der Waals surface area contributed by atoms with Gasteiger partial charge in [0.05, 0.1) is 0 Å². The van der Waals surface area contributed by atoms with Gasteiger partial charge in [0, 0.05) is 24.6 Å². The summed E-state index contributed by atoms with van der Waals surface area (Å²) in [4.78, 5) is 17.9. The van der Waals surface area contributed by atoms with Crippen molar-refractivity contribution < 1.29 is 9.32 Å². The summed E-state index contributed by atoms with van der Waals surface area (Å²) >= 11 is 0. The van der Waals surface area contributed by atoms with Crippen LogP contribution < -0.4 is 4.90 Å². The number of aromatic nitrogens is 2. The van der Waals surface area contributed by atoms with Gasteiger partial charge in [-0.25, -0.2) is 0 Å². The van der Waals surface area contributed by atoms with Crippen LogP contribution in [0.15, 0.2) is 35.2 Å². The summed E-state index contributed by atoms with van der Waals surface area (Å²) in [5.74, 6) is 0.747. The van der Waals surface area contributed by atoms with Crippen LogP contribution in [0.5, 0.6) is 0 Å². The van der Waals surface area contributed by atoms with Gasteiger partial charge in [-0.3, -0.25) is 4.79 Å². The maximum atomic E-state index is 12.1. The fraction of sp³-hybridized carbons (Fsp3) is 0.357. The van der Waals surface area contributed by atoms with Crippen LogP contribution in [0, 0.1) is 0 Å². The monoisotopic (exact) mass is 257 g/mol. The highest BCUT2D eigenvalue weighted by atomic mass is 16.5. The first kappa shape index (κ1) is 11.9. The summed E-state index contributed by atoms with van der Waals surface area (Å²) in [6.45, 7) is 2.73. The smallest absolute Gasteiger partial charge is 0.227 e. The maximum Gasteiger partial charge on any atom is 0.227 e. The first-order valence-electron chi connectivity index (χ1n) is 6.43. The van der Waals surface area contributed by atoms with Crippen molar-refractivity contribution in [2.45, 2.75) is 25.7 Å². The molecule has 1 aliphatic heterocycles. The predicted molar refractivity (Wildman–Crippen MR) is 69.8 cm³/mol. The number of carbonyl (C=O) groups is 1. The van der Waals surface area contributed by atoms with E-state index in [-0.39, 0.29) is 11.8 Å². The number of nitrogens with zero attached hydrogens (tertiary/aromatic N) is 3. The highest BCUT2D eigenvalue weighted by Crippen LogP contribution is 2.30. The molecule has 0 spiro atoms. The molecule has 1 fully saturated rings. The molecule has 5 nitrogen and oxygen atoms in total. The number of hydrogen-bond acceptors (Lipinski definition) is 4. The molecule has 2 aromatic rings. The summed E-state index contributed by atoms with van der Waals surface area (Å²) in [6.07, 6.45) is 2.74. The molecule has 0 aliphatic carbocycles. The maximum absolute atomic E-state index is 12.1. The topological polar surface area (TPSA) is 59.2 Å². The van der Waals surface area contributed by atoms with Crippen LogP contribution in [0.25, 0.3) is 0 Å². The van der Waals surface area contributed by atoms with Gasteiger partial charge in [-0.05, 0) is 24.1 Å². The van der Waals surface area contributed by atoms with E-state index in [0.29, 0.717) is 18.8 Å². The van der Waals surface area contributed by atoms with E-state index in [2.05, 4.69) is 29.2 Å². The molecular weight excluding hydrogens is 242 g/mol. The van der Waals surface area contributed by atoms with E-state index >= 15 is 0 Å². The summed E-state index contributed by atoms with van der Waals surface area (Å²) < 4.78 is 4.74. The Labute approximate surface area is 111 Å². The first-order chi connectivity index (χ1) is 9.28. The van der Waals surface area contributed by atoms with E-state index in [4.69, 9.17) is 4.52 Å². The zero-order valence-corrected chi connectivity index (χ0v) is 10.7. The number of rotatable bonds is 3. The molecule has 3 rings (SSSR count). The molecule has 1 saturated heterocycles. The Balaban J connectivity index is 1.79. The largest absolute Gasteiger partial charge is 0.343 e. The molecule has 0 N–H and O–H groups in total. The minimum Gasteiger partial charge on any atom is -0.343 e. The highest BCUT2D eigenvalue weighted by molar-refractivity contribution is 5.96. The van der Waals surface area contributed by atoms with Gasteiger partial charge in [0.2, 0.25) is 12.3 Å². The Kier molecular flexibility index (Phi) is 3.03. The molecule has 0 radical (unpaired) electrons. The van der Waals surface area contributed by atoms with E-state index in [1.165, 1.54) is 12.0 Å². The summed E-state index contributed by atoms with van der Waals surface area (Å²) in [5, 5.41) is 3.82. The quantitative estimate of drug-likeness (QED) is 0.845. The molecule has 1 aromatic carbocycles. The second-order valence-corrected chi connectivity index (χ2v) is 4.71. The number of benzene rings is 1. The normalized spacial score (nSPS) is 19.1. The van der Waals surface area contributed by atoms with Crippen molar-refractivity contribution in [3.8, 4) is 0 Å². The molecule has 1 aromatic heterocycles. The summed E-state index contributed by atoms with van der Waals surface area (Å²) in [5.41, 5.74) is 2.21. The fourth-order valence-corrected chi connectivity index (χ4v) is 2.40. The minimum atomic E-state index is 0.0251. The van der Waals surface area contributed by atoms with Crippen LogP contribution >= 0.6 is 0 Å². The zero-order valence-electron chi connectivity index (χ0n) is 10.7. The van der Waals surface area contributed by atoms with Crippen LogP contribution in [0.3, 0.4) is 0 Å². The third-order valence-electron chi connectivity index (χ3n) is 3.52. The molecule has 1 atom stereocenters. The van der Waals surface area contributed by atoms with Crippen LogP contribution in [0.4, 0.5) is 5.69 Å². The average Bonchev–Trinajstić information content (AvgIpc) is 3.08. The second kappa shape index (κ2) is 4.84. The third-order valence-corrected chi connectivity index (χ3v) is 3.52. The van der Waals surface area contributed by atoms with E-state index in [1.54, 1.807) is 4.90 Å². The van der Waals surface area contributed by atoms with Crippen molar-refractivity contribution in [3.05, 3.63) is 42.0 Å². The van der Waals surface area contributed by atoms with E-state index in [1.807, 2.05) is 12.1 Å². The van der Waals surface area contributed by atoms with Crippen LogP contribution in [0.2, 0.25) is 0 Å². The molecule has 1 aliphatic rings. The van der Waals surface area contributed by atoms with E-state index in [9.17, 15) is 4.79 Å². The van der Waals surface area contributed by atoms with Crippen LogP contribution in [0.1, 0.15) is 30.7 Å². The molecule has 5 heteroatoms. The second-order valence-electron chi connectivity index (χ2n) is 4.71. The lowest BCUT2D eigenvalue weighted by Crippen LogP contribution is -2.24. The van der Waals surface area contributed by atoms with Crippen molar-refractivity contribution in [1.29, 1.82) is 0 Å². The Morgan fingerprint density at radius 1 is 1.37 bits per heavy atom. The van der Waals surface area contributed by atoms with Gasteiger partial charge in [-0.1, -0.05) is 24.2 Å². The minimum absolute atomic E-state index is 0.0251. The molecule has 98 valence electrons. The number of aryl methyl sites for hydroxylation is 1. The van der Waals surface area contributed by atoms with Gasteiger partial charge in [0.1, 0.15) is 0 Å². The van der Waals surface area contributed by atoms with Crippen molar-refractivity contribution in [2.24, 2.45) is 0 Å². The summed E-state index contributed by atoms with van der Waals surface area (Å²) in [7, 11) is 0.